The summed E-state index contributed by atoms with van der Waals surface area (Å²) in [6, 6.07) is 1.37. The molecule has 2 atom stereocenters. The third kappa shape index (κ3) is 1.60. The second kappa shape index (κ2) is 3.59. The Morgan fingerprint density at radius 2 is 2.43 bits per heavy atom. The summed E-state index contributed by atoms with van der Waals surface area (Å²) in [5, 5.41) is 14.3. The molecule has 0 aromatic carbocycles. The van der Waals surface area contributed by atoms with Gasteiger partial charge in [0.2, 0.25) is 0 Å². The molecule has 2 amide bonds. The van der Waals surface area contributed by atoms with Crippen molar-refractivity contribution in [3.63, 3.8) is 0 Å². The Hall–Kier alpha value is -1.07. The molecular weight excluding hydrogens is 200 g/mol. The highest BCUT2D eigenvalue weighted by molar-refractivity contribution is 7.10. The van der Waals surface area contributed by atoms with Crippen molar-refractivity contribution in [1.82, 2.24) is 5.32 Å². The normalized spacial score (nSPS) is 25.5. The summed E-state index contributed by atoms with van der Waals surface area (Å²) in [6.45, 7) is 0. The number of carbonyl (C=O) groups excluding carboxylic acids is 1. The Labute approximate surface area is 85.7 Å². The van der Waals surface area contributed by atoms with Gasteiger partial charge in [0.15, 0.2) is 0 Å². The third-order valence-corrected chi connectivity index (χ3v) is 3.49. The fourth-order valence-corrected chi connectivity index (χ4v) is 2.85. The number of nitrogens with two attached hydrogens (primary N) is 1. The van der Waals surface area contributed by atoms with Gasteiger partial charge >= 0.3 is 6.03 Å². The van der Waals surface area contributed by atoms with Crippen LogP contribution in [-0.2, 0) is 0 Å². The molecule has 4 nitrogen and oxygen atoms in total. The van der Waals surface area contributed by atoms with E-state index in [-0.39, 0.29) is 12.1 Å². The van der Waals surface area contributed by atoms with E-state index in [0.717, 1.165) is 16.9 Å². The molecule has 0 fully saturated rings. The molecule has 0 unspecified atom stereocenters. The zero-order valence-electron chi connectivity index (χ0n) is 7.56. The van der Waals surface area contributed by atoms with Crippen molar-refractivity contribution in [2.45, 2.75) is 25.0 Å². The molecule has 0 spiro atoms. The summed E-state index contributed by atoms with van der Waals surface area (Å²) in [7, 11) is 0. The second-order valence-electron chi connectivity index (χ2n) is 3.39. The van der Waals surface area contributed by atoms with E-state index in [4.69, 9.17) is 5.73 Å². The SMILES string of the molecule is NC(=O)N[C@@H]1CC[C@@H](O)c2ccsc21. The first kappa shape index (κ1) is 9.48. The molecule has 1 aliphatic carbocycles. The predicted octanol–water partition coefficient (Wildman–Crippen LogP) is 1.28. The number of carbonyl (C=O) groups is 1. The van der Waals surface area contributed by atoms with Crippen LogP contribution in [0.3, 0.4) is 0 Å². The molecule has 76 valence electrons. The van der Waals surface area contributed by atoms with Crippen LogP contribution in [0.4, 0.5) is 4.79 Å². The van der Waals surface area contributed by atoms with Crippen LogP contribution in [0.25, 0.3) is 0 Å². The summed E-state index contributed by atoms with van der Waals surface area (Å²) in [6.07, 6.45) is 1.04. The van der Waals surface area contributed by atoms with E-state index >= 15 is 0 Å². The number of urea groups is 1. The van der Waals surface area contributed by atoms with Crippen LogP contribution in [-0.4, -0.2) is 11.1 Å². The molecule has 1 aromatic heterocycles. The van der Waals surface area contributed by atoms with Gasteiger partial charge in [0.25, 0.3) is 0 Å². The Morgan fingerprint density at radius 3 is 3.14 bits per heavy atom. The molecule has 14 heavy (non-hydrogen) atoms. The highest BCUT2D eigenvalue weighted by Gasteiger charge is 2.27. The van der Waals surface area contributed by atoms with Crippen molar-refractivity contribution in [2.75, 3.05) is 0 Å². The maximum atomic E-state index is 10.7. The molecule has 1 aliphatic rings. The fraction of sp³-hybridized carbons (Fsp3) is 0.444. The fourth-order valence-electron chi connectivity index (χ4n) is 1.81. The van der Waals surface area contributed by atoms with Crippen molar-refractivity contribution in [2.24, 2.45) is 5.73 Å². The summed E-state index contributed by atoms with van der Waals surface area (Å²) >= 11 is 1.55. The lowest BCUT2D eigenvalue weighted by atomic mass is 9.93. The molecule has 5 heteroatoms. The Kier molecular flexibility index (Phi) is 2.43. The van der Waals surface area contributed by atoms with Crippen LogP contribution in [0.2, 0.25) is 0 Å². The lowest BCUT2D eigenvalue weighted by Gasteiger charge is -2.25. The molecule has 1 aromatic rings. The maximum absolute atomic E-state index is 10.7. The van der Waals surface area contributed by atoms with Gasteiger partial charge in [-0.1, -0.05) is 0 Å². The molecule has 2 rings (SSSR count). The van der Waals surface area contributed by atoms with Crippen LogP contribution in [0, 0.1) is 0 Å². The second-order valence-corrected chi connectivity index (χ2v) is 4.34. The first-order valence-corrected chi connectivity index (χ1v) is 5.38. The number of fused-ring (bicyclic) bond motifs is 1. The van der Waals surface area contributed by atoms with Gasteiger partial charge in [-0.15, -0.1) is 11.3 Å². The molecule has 0 saturated heterocycles. The summed E-state index contributed by atoms with van der Waals surface area (Å²) < 4.78 is 0. The van der Waals surface area contributed by atoms with E-state index in [1.807, 2.05) is 11.4 Å². The maximum Gasteiger partial charge on any atom is 0.312 e. The van der Waals surface area contributed by atoms with Crippen LogP contribution in [0.1, 0.15) is 35.4 Å². The number of hydrogen-bond acceptors (Lipinski definition) is 3. The number of aliphatic hydroxyl groups excluding tert-OH is 1. The number of nitrogens with one attached hydrogen (secondary N) is 1. The van der Waals surface area contributed by atoms with Gasteiger partial charge in [-0.3, -0.25) is 0 Å². The molecule has 1 heterocycles. The third-order valence-electron chi connectivity index (χ3n) is 2.45. The Balaban J connectivity index is 2.24. The quantitative estimate of drug-likeness (QED) is 0.656. The van der Waals surface area contributed by atoms with Crippen LogP contribution in [0.5, 0.6) is 0 Å². The van der Waals surface area contributed by atoms with Crippen molar-refractivity contribution in [3.05, 3.63) is 21.9 Å². The topological polar surface area (TPSA) is 75.4 Å². The number of aliphatic hydroxyl groups is 1. The van der Waals surface area contributed by atoms with Crippen molar-refractivity contribution in [3.8, 4) is 0 Å². The molecular formula is C9H12N2O2S. The van der Waals surface area contributed by atoms with Gasteiger partial charge in [0, 0.05) is 4.88 Å². The first-order valence-electron chi connectivity index (χ1n) is 4.50. The monoisotopic (exact) mass is 212 g/mol. The van der Waals surface area contributed by atoms with Gasteiger partial charge < -0.3 is 16.2 Å². The Morgan fingerprint density at radius 1 is 1.64 bits per heavy atom. The first-order chi connectivity index (χ1) is 6.68. The van der Waals surface area contributed by atoms with Crippen LogP contribution < -0.4 is 11.1 Å². The minimum absolute atomic E-state index is 0.0223. The summed E-state index contributed by atoms with van der Waals surface area (Å²) in [5.74, 6) is 0. The molecule has 0 bridgehead atoms. The van der Waals surface area contributed by atoms with Gasteiger partial charge in [0.1, 0.15) is 0 Å². The van der Waals surface area contributed by atoms with Gasteiger partial charge in [-0.25, -0.2) is 4.79 Å². The molecule has 4 N–H and O–H groups in total. The van der Waals surface area contributed by atoms with E-state index in [1.54, 1.807) is 11.3 Å². The molecule has 0 radical (unpaired) electrons. The van der Waals surface area contributed by atoms with Crippen molar-refractivity contribution < 1.29 is 9.90 Å². The highest BCUT2D eigenvalue weighted by Crippen LogP contribution is 2.39. The number of rotatable bonds is 1. The number of thiophene rings is 1. The van der Waals surface area contributed by atoms with E-state index in [2.05, 4.69) is 5.32 Å². The smallest absolute Gasteiger partial charge is 0.312 e. The van der Waals surface area contributed by atoms with E-state index in [9.17, 15) is 9.90 Å². The number of primary amides is 1. The lowest BCUT2D eigenvalue weighted by molar-refractivity contribution is 0.148. The van der Waals surface area contributed by atoms with Crippen molar-refractivity contribution >= 4 is 17.4 Å². The van der Waals surface area contributed by atoms with E-state index in [0.29, 0.717) is 6.42 Å². The average Bonchev–Trinajstić information content (AvgIpc) is 2.58. The zero-order chi connectivity index (χ0) is 10.1. The number of hydrogen-bond donors (Lipinski definition) is 3. The molecule has 0 saturated carbocycles. The summed E-state index contributed by atoms with van der Waals surface area (Å²) in [4.78, 5) is 11.8. The summed E-state index contributed by atoms with van der Waals surface area (Å²) in [5.41, 5.74) is 6.01. The van der Waals surface area contributed by atoms with Gasteiger partial charge in [-0.2, -0.15) is 0 Å². The lowest BCUT2D eigenvalue weighted by Crippen LogP contribution is -2.34. The zero-order valence-corrected chi connectivity index (χ0v) is 8.38. The van der Waals surface area contributed by atoms with Crippen LogP contribution >= 0.6 is 11.3 Å². The van der Waals surface area contributed by atoms with E-state index < -0.39 is 6.03 Å². The van der Waals surface area contributed by atoms with Gasteiger partial charge in [0.05, 0.1) is 12.1 Å². The van der Waals surface area contributed by atoms with Crippen LogP contribution in [0.15, 0.2) is 11.4 Å². The minimum Gasteiger partial charge on any atom is -0.388 e. The van der Waals surface area contributed by atoms with Crippen molar-refractivity contribution in [1.29, 1.82) is 0 Å². The van der Waals surface area contributed by atoms with E-state index in [1.165, 1.54) is 0 Å². The molecule has 0 aliphatic heterocycles. The largest absolute Gasteiger partial charge is 0.388 e. The standard InChI is InChI=1S/C9H12N2O2S/c10-9(13)11-6-1-2-7(12)5-3-4-14-8(5)6/h3-4,6-7,12H,1-2H2,(H3,10,11,13)/t6-,7-/m1/s1. The Bertz CT molecular complexity index is 350. The highest BCUT2D eigenvalue weighted by atomic mass is 32.1. The number of amides is 2. The minimum atomic E-state index is -0.509. The average molecular weight is 212 g/mol. The predicted molar refractivity (Wildman–Crippen MR) is 54.0 cm³/mol. The van der Waals surface area contributed by atoms with Gasteiger partial charge in [-0.05, 0) is 29.9 Å².